The number of nitrogens with one attached hydrogen (secondary N) is 1. The number of fused-ring (bicyclic) bond motifs is 1. The molecule has 0 aromatic heterocycles. The van der Waals surface area contributed by atoms with Gasteiger partial charge in [-0.05, 0) is 88.3 Å². The van der Waals surface area contributed by atoms with E-state index in [-0.39, 0.29) is 24.4 Å². The minimum Gasteiger partial charge on any atom is -0.493 e. The monoisotopic (exact) mass is 527 g/mol. The Kier molecular flexibility index (Phi) is 8.02. The fraction of sp³-hybridized carbons (Fsp3) is 0.464. The van der Waals surface area contributed by atoms with Gasteiger partial charge in [-0.25, -0.2) is 4.79 Å². The predicted molar refractivity (Wildman–Crippen MR) is 141 cm³/mol. The van der Waals surface area contributed by atoms with Gasteiger partial charge < -0.3 is 18.9 Å². The van der Waals surface area contributed by atoms with Gasteiger partial charge in [0, 0.05) is 5.56 Å². The Hall–Kier alpha value is -3.20. The molecule has 0 aliphatic carbocycles. The van der Waals surface area contributed by atoms with Crippen LogP contribution in [0.3, 0.4) is 0 Å². The Morgan fingerprint density at radius 3 is 2.51 bits per heavy atom. The molecule has 2 aliphatic heterocycles. The molecule has 9 heteroatoms. The summed E-state index contributed by atoms with van der Waals surface area (Å²) in [7, 11) is 0. The lowest BCUT2D eigenvalue weighted by atomic mass is 9.93. The first-order chi connectivity index (χ1) is 17.6. The molecule has 2 heterocycles. The minimum atomic E-state index is -1.39. The van der Waals surface area contributed by atoms with E-state index in [0.29, 0.717) is 24.5 Å². The molecule has 37 heavy (non-hydrogen) atoms. The van der Waals surface area contributed by atoms with Crippen LogP contribution in [0.25, 0.3) is 0 Å². The molecular weight excluding hydrogens is 494 g/mol. The van der Waals surface area contributed by atoms with Crippen molar-refractivity contribution in [2.45, 2.75) is 64.7 Å². The van der Waals surface area contributed by atoms with Crippen molar-refractivity contribution < 1.29 is 33.3 Å². The lowest BCUT2D eigenvalue weighted by Crippen LogP contribution is -2.48. The Morgan fingerprint density at radius 2 is 1.86 bits per heavy atom. The van der Waals surface area contributed by atoms with E-state index in [1.807, 2.05) is 32.9 Å². The highest BCUT2D eigenvalue weighted by molar-refractivity contribution is 8.15. The molecule has 2 aliphatic rings. The maximum atomic E-state index is 13.1. The Labute approximate surface area is 221 Å². The van der Waals surface area contributed by atoms with E-state index in [0.717, 1.165) is 58.2 Å². The van der Waals surface area contributed by atoms with Crippen molar-refractivity contribution >= 4 is 28.9 Å². The van der Waals surface area contributed by atoms with Gasteiger partial charge in [-0.1, -0.05) is 23.9 Å². The van der Waals surface area contributed by atoms with Gasteiger partial charge in [-0.3, -0.25) is 14.9 Å². The highest BCUT2D eigenvalue weighted by Gasteiger charge is 2.40. The minimum absolute atomic E-state index is 0.0634. The summed E-state index contributed by atoms with van der Waals surface area (Å²) < 4.78 is 23.8. The molecule has 2 aromatic carbocycles. The van der Waals surface area contributed by atoms with E-state index in [9.17, 15) is 14.4 Å². The third-order valence-corrected chi connectivity index (χ3v) is 7.77. The van der Waals surface area contributed by atoms with Crippen molar-refractivity contribution in [1.29, 1.82) is 0 Å². The number of thioether (sulfide) groups is 1. The van der Waals surface area contributed by atoms with Crippen LogP contribution < -0.4 is 19.5 Å². The van der Waals surface area contributed by atoms with E-state index in [2.05, 4.69) is 5.32 Å². The molecule has 2 aromatic rings. The zero-order valence-electron chi connectivity index (χ0n) is 21.9. The molecule has 4 rings (SSSR count). The van der Waals surface area contributed by atoms with E-state index >= 15 is 0 Å². The highest BCUT2D eigenvalue weighted by Crippen LogP contribution is 2.41. The smallest absolute Gasteiger partial charge is 0.353 e. The van der Waals surface area contributed by atoms with Crippen LogP contribution in [0.1, 0.15) is 48.1 Å². The Balaban J connectivity index is 1.52. The molecular formula is C28H33NO7S. The van der Waals surface area contributed by atoms with E-state index in [4.69, 9.17) is 18.9 Å². The first-order valence-electron chi connectivity index (χ1n) is 12.5. The van der Waals surface area contributed by atoms with Gasteiger partial charge in [0.25, 0.3) is 5.24 Å². The van der Waals surface area contributed by atoms with E-state index < -0.39 is 16.8 Å². The number of carbonyl (C=O) groups is 3. The molecule has 0 radical (unpaired) electrons. The van der Waals surface area contributed by atoms with Crippen LogP contribution >= 0.6 is 11.8 Å². The molecule has 1 saturated heterocycles. The first-order valence-corrected chi connectivity index (χ1v) is 13.4. The second-order valence-electron chi connectivity index (χ2n) is 9.54. The summed E-state index contributed by atoms with van der Waals surface area (Å²) in [5, 5.41) is 1.55. The summed E-state index contributed by atoms with van der Waals surface area (Å²) in [5.74, 6) is 1.34. The fourth-order valence-electron chi connectivity index (χ4n) is 4.55. The number of hydrogen-bond acceptors (Lipinski definition) is 8. The lowest BCUT2D eigenvalue weighted by molar-refractivity contribution is -0.162. The quantitative estimate of drug-likeness (QED) is 0.472. The molecule has 1 N–H and O–H groups in total. The van der Waals surface area contributed by atoms with Gasteiger partial charge in [0.15, 0.2) is 0 Å². The van der Waals surface area contributed by atoms with Gasteiger partial charge in [-0.15, -0.1) is 0 Å². The second-order valence-corrected chi connectivity index (χ2v) is 10.7. The lowest BCUT2D eigenvalue weighted by Gasteiger charge is -2.32. The molecule has 2 atom stereocenters. The summed E-state index contributed by atoms with van der Waals surface area (Å²) in [6, 6.07) is 7.24. The highest BCUT2D eigenvalue weighted by atomic mass is 32.2. The second kappa shape index (κ2) is 11.0. The van der Waals surface area contributed by atoms with Crippen LogP contribution in [0.15, 0.2) is 24.3 Å². The summed E-state index contributed by atoms with van der Waals surface area (Å²) in [6.45, 7) is 10.3. The fourth-order valence-corrected chi connectivity index (χ4v) is 5.41. The largest absolute Gasteiger partial charge is 0.493 e. The first kappa shape index (κ1) is 26.9. The number of hydrogen-bond donors (Lipinski definition) is 1. The zero-order valence-corrected chi connectivity index (χ0v) is 22.7. The maximum absolute atomic E-state index is 13.1. The van der Waals surface area contributed by atoms with E-state index in [1.54, 1.807) is 26.0 Å². The number of ether oxygens (including phenoxy) is 4. The van der Waals surface area contributed by atoms with Gasteiger partial charge in [0.05, 0.1) is 18.5 Å². The molecule has 0 bridgehead atoms. The topological polar surface area (TPSA) is 100 Å². The van der Waals surface area contributed by atoms with Crippen LogP contribution in [-0.4, -0.2) is 47.8 Å². The molecule has 198 valence electrons. The van der Waals surface area contributed by atoms with Crippen molar-refractivity contribution in [2.24, 2.45) is 0 Å². The number of esters is 1. The normalized spacial score (nSPS) is 18.4. The number of carbonyl (C=O) groups excluding carboxylic acids is 3. The standard InChI is InChI=1S/C28H33NO7S/c1-6-33-26(31)28(5,36-23-16(2)17(3)24-21(18(23)4)8-7-13-34-24)15-35-20-11-9-19(10-12-20)14-22-25(30)29-27(32)37-22/h9-12,22H,6-8,13-15H2,1-5H3,(H,29,30,32). The van der Waals surface area contributed by atoms with Crippen LogP contribution in [0, 0.1) is 20.8 Å². The molecule has 2 amide bonds. The van der Waals surface area contributed by atoms with Gasteiger partial charge in [0.1, 0.15) is 23.9 Å². The predicted octanol–water partition coefficient (Wildman–Crippen LogP) is 4.61. The SMILES string of the molecule is CCOC(=O)C(C)(COc1ccc(CC2SC(=O)NC2=O)cc1)Oc1c(C)c(C)c2c(c1C)CCCO2. The third kappa shape index (κ3) is 5.71. The Bertz CT molecular complexity index is 1210. The summed E-state index contributed by atoms with van der Waals surface area (Å²) in [4.78, 5) is 36.3. The summed E-state index contributed by atoms with van der Waals surface area (Å²) in [6.07, 6.45) is 2.27. The molecule has 0 saturated carbocycles. The van der Waals surface area contributed by atoms with Crippen LogP contribution in [0.2, 0.25) is 0 Å². The van der Waals surface area contributed by atoms with Crippen molar-refractivity contribution in [3.8, 4) is 17.2 Å². The number of rotatable bonds is 9. The van der Waals surface area contributed by atoms with Crippen molar-refractivity contribution in [2.75, 3.05) is 19.8 Å². The molecule has 2 unspecified atom stereocenters. The van der Waals surface area contributed by atoms with Crippen LogP contribution in [0.5, 0.6) is 17.2 Å². The van der Waals surface area contributed by atoms with Crippen LogP contribution in [0.4, 0.5) is 4.79 Å². The number of benzene rings is 2. The van der Waals surface area contributed by atoms with Crippen molar-refractivity contribution in [1.82, 2.24) is 5.32 Å². The van der Waals surface area contributed by atoms with Crippen molar-refractivity contribution in [3.63, 3.8) is 0 Å². The Morgan fingerprint density at radius 1 is 1.14 bits per heavy atom. The molecule has 0 spiro atoms. The summed E-state index contributed by atoms with van der Waals surface area (Å²) >= 11 is 1.00. The maximum Gasteiger partial charge on any atom is 0.353 e. The average molecular weight is 528 g/mol. The number of amides is 2. The molecule has 1 fully saturated rings. The average Bonchev–Trinajstić information content (AvgIpc) is 3.21. The van der Waals surface area contributed by atoms with E-state index in [1.165, 1.54) is 0 Å². The van der Waals surface area contributed by atoms with Gasteiger partial charge in [0.2, 0.25) is 11.5 Å². The zero-order chi connectivity index (χ0) is 26.7. The van der Waals surface area contributed by atoms with Crippen molar-refractivity contribution in [3.05, 3.63) is 52.1 Å². The van der Waals surface area contributed by atoms with Gasteiger partial charge in [-0.2, -0.15) is 0 Å². The van der Waals surface area contributed by atoms with Gasteiger partial charge >= 0.3 is 5.97 Å². The summed E-state index contributed by atoms with van der Waals surface area (Å²) in [5.41, 5.74) is 3.52. The van der Waals surface area contributed by atoms with Crippen LogP contribution in [-0.2, 0) is 27.2 Å². The third-order valence-electron chi connectivity index (χ3n) is 6.79. The molecule has 8 nitrogen and oxygen atoms in total. The number of imide groups is 1.